The molecule has 0 aliphatic heterocycles. The van der Waals surface area contributed by atoms with Crippen LogP contribution in [0.3, 0.4) is 0 Å². The highest BCUT2D eigenvalue weighted by molar-refractivity contribution is 6.58. The van der Waals surface area contributed by atoms with E-state index in [4.69, 9.17) is 10.0 Å². The van der Waals surface area contributed by atoms with Crippen molar-refractivity contribution in [2.75, 3.05) is 13.1 Å². The Morgan fingerprint density at radius 2 is 1.89 bits per heavy atom. The summed E-state index contributed by atoms with van der Waals surface area (Å²) in [5, 5.41) is 18.1. The summed E-state index contributed by atoms with van der Waals surface area (Å²) in [5.41, 5.74) is 1.79. The molecule has 1 aliphatic carbocycles. The van der Waals surface area contributed by atoms with E-state index in [1.54, 1.807) is 12.1 Å². The van der Waals surface area contributed by atoms with Gasteiger partial charge in [-0.25, -0.2) is 0 Å². The van der Waals surface area contributed by atoms with Crippen LogP contribution in [-0.4, -0.2) is 35.2 Å². The summed E-state index contributed by atoms with van der Waals surface area (Å²) in [6, 6.07) is 7.55. The summed E-state index contributed by atoms with van der Waals surface area (Å²) in [5.74, 6) is 0.892. The van der Waals surface area contributed by atoms with Crippen molar-refractivity contribution < 1.29 is 10.0 Å². The molecule has 3 nitrogen and oxygen atoms in total. The minimum Gasteiger partial charge on any atom is -0.423 e. The number of hydrogen-bond acceptors (Lipinski definition) is 3. The monoisotopic (exact) mass is 247 g/mol. The summed E-state index contributed by atoms with van der Waals surface area (Å²) < 4.78 is 0. The molecule has 1 saturated carbocycles. The molecule has 0 saturated heterocycles. The number of rotatable bonds is 6. The molecular weight excluding hydrogens is 225 g/mol. The van der Waals surface area contributed by atoms with Gasteiger partial charge in [-0.3, -0.25) is 4.90 Å². The van der Waals surface area contributed by atoms with Crippen molar-refractivity contribution in [2.45, 2.75) is 32.7 Å². The summed E-state index contributed by atoms with van der Waals surface area (Å²) in [6.07, 6.45) is 4.16. The normalized spacial score (nSPS) is 15.8. The van der Waals surface area contributed by atoms with Crippen LogP contribution in [0.5, 0.6) is 0 Å². The van der Waals surface area contributed by atoms with Gasteiger partial charge in [0.05, 0.1) is 0 Å². The second-order valence-electron chi connectivity index (χ2n) is 5.24. The van der Waals surface area contributed by atoms with E-state index in [9.17, 15) is 0 Å². The van der Waals surface area contributed by atoms with Gasteiger partial charge in [-0.2, -0.15) is 0 Å². The Hall–Kier alpha value is -0.835. The minimum atomic E-state index is -1.36. The Kier molecular flexibility index (Phi) is 4.81. The highest BCUT2D eigenvalue weighted by atomic mass is 16.4. The van der Waals surface area contributed by atoms with Gasteiger partial charge in [0.25, 0.3) is 0 Å². The van der Waals surface area contributed by atoms with Crippen molar-refractivity contribution in [2.24, 2.45) is 5.92 Å². The van der Waals surface area contributed by atoms with Gasteiger partial charge in [0, 0.05) is 13.1 Å². The first-order valence-electron chi connectivity index (χ1n) is 6.86. The highest BCUT2D eigenvalue weighted by Crippen LogP contribution is 2.27. The Labute approximate surface area is 110 Å². The van der Waals surface area contributed by atoms with Gasteiger partial charge < -0.3 is 10.0 Å². The summed E-state index contributed by atoms with van der Waals surface area (Å²) in [4.78, 5) is 2.47. The van der Waals surface area contributed by atoms with Crippen molar-refractivity contribution in [1.29, 1.82) is 0 Å². The number of nitrogens with zero attached hydrogens (tertiary/aromatic N) is 1. The molecule has 0 atom stereocenters. The van der Waals surface area contributed by atoms with E-state index in [-0.39, 0.29) is 0 Å². The second kappa shape index (κ2) is 6.37. The summed E-state index contributed by atoms with van der Waals surface area (Å²) >= 11 is 0. The molecule has 0 heterocycles. The molecule has 1 aromatic rings. The zero-order valence-electron chi connectivity index (χ0n) is 11.0. The van der Waals surface area contributed by atoms with Crippen LogP contribution in [0.4, 0.5) is 0 Å². The van der Waals surface area contributed by atoms with Crippen LogP contribution >= 0.6 is 0 Å². The predicted molar refractivity (Wildman–Crippen MR) is 74.6 cm³/mol. The van der Waals surface area contributed by atoms with E-state index < -0.39 is 7.12 Å². The Bertz CT molecular complexity index is 363. The van der Waals surface area contributed by atoms with Crippen LogP contribution in [0.15, 0.2) is 24.3 Å². The molecular formula is C14H22BNO2. The topological polar surface area (TPSA) is 43.7 Å². The molecule has 0 aromatic heterocycles. The molecule has 98 valence electrons. The predicted octanol–water partition coefficient (Wildman–Crippen LogP) is 0.988. The summed E-state index contributed by atoms with van der Waals surface area (Å²) in [7, 11) is -1.36. The molecule has 0 radical (unpaired) electrons. The average Bonchev–Trinajstić information content (AvgIpc) is 2.32. The van der Waals surface area contributed by atoms with Crippen molar-refractivity contribution in [3.05, 3.63) is 29.8 Å². The molecule has 1 fully saturated rings. The van der Waals surface area contributed by atoms with Gasteiger partial charge in [-0.05, 0) is 36.3 Å². The molecule has 0 unspecified atom stereocenters. The molecule has 0 spiro atoms. The number of benzene rings is 1. The lowest BCUT2D eigenvalue weighted by atomic mass is 9.80. The third-order valence-corrected chi connectivity index (χ3v) is 3.87. The Balaban J connectivity index is 1.89. The SMILES string of the molecule is CCN(Cc1ccc(B(O)O)cc1)CC1CCC1. The van der Waals surface area contributed by atoms with E-state index in [1.165, 1.54) is 31.4 Å². The molecule has 1 aliphatic rings. The quantitative estimate of drug-likeness (QED) is 0.737. The molecule has 18 heavy (non-hydrogen) atoms. The first kappa shape index (κ1) is 13.6. The lowest BCUT2D eigenvalue weighted by Gasteiger charge is -2.31. The third kappa shape index (κ3) is 3.58. The minimum absolute atomic E-state index is 0.556. The van der Waals surface area contributed by atoms with Crippen LogP contribution in [0.1, 0.15) is 31.7 Å². The van der Waals surface area contributed by atoms with Crippen molar-refractivity contribution in [1.82, 2.24) is 4.90 Å². The lowest BCUT2D eigenvalue weighted by molar-refractivity contribution is 0.178. The Morgan fingerprint density at radius 3 is 2.33 bits per heavy atom. The summed E-state index contributed by atoms with van der Waals surface area (Å²) in [6.45, 7) is 5.42. The molecule has 0 amide bonds. The maximum atomic E-state index is 9.05. The van der Waals surface area contributed by atoms with Crippen molar-refractivity contribution >= 4 is 12.6 Å². The van der Waals surface area contributed by atoms with E-state index in [0.717, 1.165) is 19.0 Å². The van der Waals surface area contributed by atoms with Gasteiger partial charge >= 0.3 is 7.12 Å². The van der Waals surface area contributed by atoms with Crippen LogP contribution in [0.2, 0.25) is 0 Å². The van der Waals surface area contributed by atoms with E-state index in [0.29, 0.717) is 5.46 Å². The van der Waals surface area contributed by atoms with Crippen LogP contribution in [0.25, 0.3) is 0 Å². The first-order chi connectivity index (χ1) is 8.69. The largest absolute Gasteiger partial charge is 0.488 e. The standard InChI is InChI=1S/C14H22BNO2/c1-2-16(10-12-4-3-5-12)11-13-6-8-14(9-7-13)15(17)18/h6-9,12,17-18H,2-5,10-11H2,1H3. The highest BCUT2D eigenvalue weighted by Gasteiger charge is 2.20. The maximum Gasteiger partial charge on any atom is 0.488 e. The third-order valence-electron chi connectivity index (χ3n) is 3.87. The maximum absolute atomic E-state index is 9.05. The first-order valence-corrected chi connectivity index (χ1v) is 6.86. The van der Waals surface area contributed by atoms with E-state index in [2.05, 4.69) is 11.8 Å². The molecule has 2 N–H and O–H groups in total. The molecule has 2 rings (SSSR count). The van der Waals surface area contributed by atoms with Gasteiger partial charge in [-0.1, -0.05) is 37.6 Å². The van der Waals surface area contributed by atoms with Crippen molar-refractivity contribution in [3.8, 4) is 0 Å². The lowest BCUT2D eigenvalue weighted by Crippen LogP contribution is -2.32. The molecule has 0 bridgehead atoms. The fourth-order valence-electron chi connectivity index (χ4n) is 2.40. The van der Waals surface area contributed by atoms with Crippen LogP contribution in [-0.2, 0) is 6.54 Å². The van der Waals surface area contributed by atoms with Gasteiger partial charge in [0.2, 0.25) is 0 Å². The zero-order valence-corrected chi connectivity index (χ0v) is 11.0. The fourth-order valence-corrected chi connectivity index (χ4v) is 2.40. The molecule has 1 aromatic carbocycles. The van der Waals surface area contributed by atoms with Crippen LogP contribution < -0.4 is 5.46 Å². The van der Waals surface area contributed by atoms with Gasteiger partial charge in [-0.15, -0.1) is 0 Å². The van der Waals surface area contributed by atoms with Gasteiger partial charge in [0.1, 0.15) is 0 Å². The van der Waals surface area contributed by atoms with Crippen molar-refractivity contribution in [3.63, 3.8) is 0 Å². The Morgan fingerprint density at radius 1 is 1.22 bits per heavy atom. The van der Waals surface area contributed by atoms with E-state index in [1.807, 2.05) is 12.1 Å². The molecule has 4 heteroatoms. The second-order valence-corrected chi connectivity index (χ2v) is 5.24. The average molecular weight is 247 g/mol. The van der Waals surface area contributed by atoms with Gasteiger partial charge in [0.15, 0.2) is 0 Å². The zero-order chi connectivity index (χ0) is 13.0. The van der Waals surface area contributed by atoms with E-state index >= 15 is 0 Å². The van der Waals surface area contributed by atoms with Crippen LogP contribution in [0, 0.1) is 5.92 Å². The smallest absolute Gasteiger partial charge is 0.423 e. The fraction of sp³-hybridized carbons (Fsp3) is 0.571. The number of hydrogen-bond donors (Lipinski definition) is 2.